The summed E-state index contributed by atoms with van der Waals surface area (Å²) >= 11 is 0. The van der Waals surface area contributed by atoms with E-state index in [1.165, 1.54) is 0 Å². The minimum Gasteiger partial charge on any atom is -0.481 e. The van der Waals surface area contributed by atoms with E-state index in [1.807, 2.05) is 0 Å². The van der Waals surface area contributed by atoms with Crippen LogP contribution in [0.1, 0.15) is 48.6 Å². The molecule has 2 saturated heterocycles. The number of carbonyl (C=O) groups excluding carboxylic acids is 1. The Morgan fingerprint density at radius 3 is 1.86 bits per heavy atom. The van der Waals surface area contributed by atoms with Gasteiger partial charge in [-0.3, -0.25) is 9.59 Å². The molecule has 0 aromatic heterocycles. The van der Waals surface area contributed by atoms with Gasteiger partial charge in [-0.25, -0.2) is 8.37 Å². The normalized spacial score (nSPS) is 23.6. The average Bonchev–Trinajstić information content (AvgIpc) is 3.05. The minimum absolute atomic E-state index is 0.229. The summed E-state index contributed by atoms with van der Waals surface area (Å²) < 4.78 is 40.7. The number of nitrogens with zero attached hydrogens (tertiary/aromatic N) is 1. The zero-order chi connectivity index (χ0) is 25.7. The van der Waals surface area contributed by atoms with Crippen molar-refractivity contribution in [3.8, 4) is 0 Å². The van der Waals surface area contributed by atoms with Crippen LogP contribution < -0.4 is 0 Å². The van der Waals surface area contributed by atoms with Crippen LogP contribution in [0.5, 0.6) is 0 Å². The van der Waals surface area contributed by atoms with Gasteiger partial charge in [0, 0.05) is 12.1 Å². The second kappa shape index (κ2) is 11.5. The molecule has 0 amide bonds. The second-order valence-corrected chi connectivity index (χ2v) is 10.6. The van der Waals surface area contributed by atoms with E-state index < -0.39 is 47.4 Å². The van der Waals surface area contributed by atoms with Gasteiger partial charge in [-0.15, -0.1) is 0 Å². The average molecular weight is 518 g/mol. The number of fused-ring (bicyclic) bond motifs is 2. The molecule has 0 unspecified atom stereocenters. The molecule has 2 aliphatic heterocycles. The lowest BCUT2D eigenvalue weighted by molar-refractivity contribution is -0.155. The Balaban J connectivity index is 1.39. The molecule has 36 heavy (non-hydrogen) atoms. The van der Waals surface area contributed by atoms with E-state index in [4.69, 9.17) is 13.1 Å². The fraction of sp³-hybridized carbons (Fsp3) is 0.462. The summed E-state index contributed by atoms with van der Waals surface area (Å²) in [7, 11) is -2.48. The van der Waals surface area contributed by atoms with Crippen molar-refractivity contribution in [3.05, 3.63) is 71.8 Å². The lowest BCUT2D eigenvalue weighted by Crippen LogP contribution is -2.44. The van der Waals surface area contributed by atoms with Gasteiger partial charge in [0.25, 0.3) is 0 Å². The lowest BCUT2D eigenvalue weighted by Gasteiger charge is -2.36. The van der Waals surface area contributed by atoms with E-state index in [2.05, 4.69) is 11.9 Å². The number of esters is 1. The van der Waals surface area contributed by atoms with Crippen molar-refractivity contribution in [1.29, 1.82) is 0 Å². The number of carboxylic acids is 1. The third kappa shape index (κ3) is 6.50. The Morgan fingerprint density at radius 1 is 0.889 bits per heavy atom. The molecule has 0 aliphatic carbocycles. The molecule has 2 heterocycles. The molecule has 9 nitrogen and oxygen atoms in total. The first-order valence-electron chi connectivity index (χ1n) is 12.0. The summed E-state index contributed by atoms with van der Waals surface area (Å²) in [5.41, 5.74) is 0.958. The van der Waals surface area contributed by atoms with Crippen LogP contribution >= 0.6 is 0 Å². The van der Waals surface area contributed by atoms with Gasteiger partial charge in [-0.2, -0.15) is 8.42 Å². The Hall–Kier alpha value is -2.79. The van der Waals surface area contributed by atoms with E-state index in [-0.39, 0.29) is 6.10 Å². The van der Waals surface area contributed by atoms with Crippen molar-refractivity contribution in [1.82, 2.24) is 4.90 Å². The molecule has 4 rings (SSSR count). The summed E-state index contributed by atoms with van der Waals surface area (Å²) in [6.07, 6.45) is 3.43. The fourth-order valence-electron chi connectivity index (χ4n) is 5.02. The number of rotatable bonds is 11. The first-order valence-corrected chi connectivity index (χ1v) is 13.4. The van der Waals surface area contributed by atoms with Gasteiger partial charge in [-0.05, 0) is 43.9 Å². The largest absolute Gasteiger partial charge is 0.481 e. The number of hydrogen-bond acceptors (Lipinski definition) is 8. The van der Waals surface area contributed by atoms with Gasteiger partial charge in [0.1, 0.15) is 17.9 Å². The van der Waals surface area contributed by atoms with Crippen LogP contribution in [0.3, 0.4) is 0 Å². The van der Waals surface area contributed by atoms with Gasteiger partial charge in [0.15, 0.2) is 0 Å². The highest BCUT2D eigenvalue weighted by Crippen LogP contribution is 2.36. The molecule has 2 bridgehead atoms. The molecular weight excluding hydrogens is 486 g/mol. The van der Waals surface area contributed by atoms with Crippen molar-refractivity contribution in [2.45, 2.75) is 55.7 Å². The lowest BCUT2D eigenvalue weighted by atomic mass is 9.98. The van der Waals surface area contributed by atoms with Crippen molar-refractivity contribution >= 4 is 22.3 Å². The van der Waals surface area contributed by atoms with Crippen LogP contribution in [0.4, 0.5) is 0 Å². The molecule has 4 atom stereocenters. The molecule has 2 aromatic carbocycles. The van der Waals surface area contributed by atoms with Crippen LogP contribution in [-0.4, -0.2) is 68.8 Å². The second-order valence-electron chi connectivity index (χ2n) is 9.32. The number of carbonyl (C=O) groups is 2. The number of carboxylic acid groups (broad SMARTS) is 1. The van der Waals surface area contributed by atoms with Crippen molar-refractivity contribution < 1.29 is 36.2 Å². The molecule has 0 spiro atoms. The van der Waals surface area contributed by atoms with Gasteiger partial charge >= 0.3 is 22.3 Å². The van der Waals surface area contributed by atoms with E-state index in [0.29, 0.717) is 23.2 Å². The third-order valence-electron chi connectivity index (χ3n) is 7.08. The molecule has 194 valence electrons. The highest BCUT2D eigenvalue weighted by atomic mass is 32.3. The van der Waals surface area contributed by atoms with Crippen LogP contribution in [-0.2, 0) is 33.1 Å². The number of aliphatic carboxylic acids is 1. The summed E-state index contributed by atoms with van der Waals surface area (Å²) in [6.45, 7) is -1.16. The standard InChI is InChI=1S/C26H31NO8S/c1-27-20-12-13-21(27)15-22(14-20)35-26(30)24(19-10-6-3-7-11-19)17-34-36(31,32)33-16-23(25(28)29)18-8-4-2-5-9-18/h2-11,20-24H,12-17H2,1H3,(H,28,29)/t20-,21-,23-,24-/m0/s1. The minimum atomic E-state index is -4.58. The van der Waals surface area contributed by atoms with Gasteiger partial charge in [-0.1, -0.05) is 60.7 Å². The van der Waals surface area contributed by atoms with Gasteiger partial charge in [0.2, 0.25) is 0 Å². The Kier molecular flexibility index (Phi) is 8.40. The highest BCUT2D eigenvalue weighted by molar-refractivity contribution is 7.81. The maximum absolute atomic E-state index is 13.2. The van der Waals surface area contributed by atoms with Crippen molar-refractivity contribution in [2.75, 3.05) is 20.3 Å². The van der Waals surface area contributed by atoms with E-state index in [9.17, 15) is 23.1 Å². The summed E-state index contributed by atoms with van der Waals surface area (Å²) in [5, 5.41) is 9.50. The van der Waals surface area contributed by atoms with Gasteiger partial charge in [0.05, 0.1) is 13.2 Å². The van der Waals surface area contributed by atoms with Crippen molar-refractivity contribution in [3.63, 3.8) is 0 Å². The molecule has 0 radical (unpaired) electrons. The fourth-order valence-corrected chi connectivity index (χ4v) is 5.70. The van der Waals surface area contributed by atoms with Crippen LogP contribution in [0.2, 0.25) is 0 Å². The first-order chi connectivity index (χ1) is 17.2. The molecule has 0 saturated carbocycles. The maximum atomic E-state index is 13.2. The Bertz CT molecular complexity index is 1130. The van der Waals surface area contributed by atoms with E-state index in [1.54, 1.807) is 60.7 Å². The zero-order valence-corrected chi connectivity index (χ0v) is 20.9. The Morgan fingerprint density at radius 2 is 1.36 bits per heavy atom. The predicted octanol–water partition coefficient (Wildman–Crippen LogP) is 3.09. The summed E-state index contributed by atoms with van der Waals surface area (Å²) in [6, 6.07) is 17.6. The zero-order valence-electron chi connectivity index (χ0n) is 20.1. The van der Waals surface area contributed by atoms with Crippen LogP contribution in [0.25, 0.3) is 0 Å². The van der Waals surface area contributed by atoms with E-state index in [0.717, 1.165) is 25.7 Å². The van der Waals surface area contributed by atoms with Crippen LogP contribution in [0, 0.1) is 0 Å². The quantitative estimate of drug-likeness (QED) is 0.448. The summed E-state index contributed by atoms with van der Waals surface area (Å²) in [5.74, 6) is -3.96. The molecule has 10 heteroatoms. The molecule has 1 N–H and O–H groups in total. The number of piperidine rings is 1. The first kappa shape index (κ1) is 26.3. The number of benzene rings is 2. The highest BCUT2D eigenvalue weighted by Gasteiger charge is 2.40. The summed E-state index contributed by atoms with van der Waals surface area (Å²) in [4.78, 5) is 27.1. The molecular formula is C26H31NO8S. The third-order valence-corrected chi connectivity index (χ3v) is 7.93. The smallest absolute Gasteiger partial charge is 0.399 e. The monoisotopic (exact) mass is 517 g/mol. The van der Waals surface area contributed by atoms with Crippen molar-refractivity contribution in [2.24, 2.45) is 0 Å². The molecule has 2 aromatic rings. The Labute approximate surface area is 211 Å². The maximum Gasteiger partial charge on any atom is 0.399 e. The van der Waals surface area contributed by atoms with E-state index >= 15 is 0 Å². The predicted molar refractivity (Wildman–Crippen MR) is 131 cm³/mol. The molecule has 2 aliphatic rings. The SMILES string of the molecule is CN1[C@H]2CC[C@H]1CC(OC(=O)[C@@H](COS(=O)(=O)OC[C@H](C(=O)O)c1ccccc1)c1ccccc1)C2. The number of ether oxygens (including phenoxy) is 1. The van der Waals surface area contributed by atoms with Gasteiger partial charge < -0.3 is 14.7 Å². The number of hydrogen-bond donors (Lipinski definition) is 1. The van der Waals surface area contributed by atoms with Crippen LogP contribution in [0.15, 0.2) is 60.7 Å². The molecule has 2 fully saturated rings. The topological polar surface area (TPSA) is 119 Å².